The quantitative estimate of drug-likeness (QED) is 0.628. The number of aliphatic carboxylic acids is 1. The van der Waals surface area contributed by atoms with E-state index < -0.39 is 35.7 Å². The Bertz CT molecular complexity index is 662. The fourth-order valence-electron chi connectivity index (χ4n) is 2.41. The van der Waals surface area contributed by atoms with Crippen LogP contribution in [0.2, 0.25) is 0 Å². The lowest BCUT2D eigenvalue weighted by Crippen LogP contribution is -2.41. The van der Waals surface area contributed by atoms with Crippen molar-refractivity contribution in [2.75, 3.05) is 0 Å². The molecule has 2 amide bonds. The molecule has 0 fully saturated rings. The first-order valence-corrected chi connectivity index (χ1v) is 8.82. The Morgan fingerprint density at radius 2 is 1.89 bits per heavy atom. The van der Waals surface area contributed by atoms with Gasteiger partial charge in [0.2, 0.25) is 5.91 Å². The van der Waals surface area contributed by atoms with Gasteiger partial charge in [-0.15, -0.1) is 0 Å². The maximum absolute atomic E-state index is 12.1. The number of nitrogens with one attached hydrogen (secondary N) is 2. The van der Waals surface area contributed by atoms with Crippen LogP contribution < -0.4 is 10.6 Å². The van der Waals surface area contributed by atoms with E-state index in [4.69, 9.17) is 9.26 Å². The van der Waals surface area contributed by atoms with Gasteiger partial charge >= 0.3 is 12.1 Å². The highest BCUT2D eigenvalue weighted by molar-refractivity contribution is 5.82. The first-order valence-electron chi connectivity index (χ1n) is 8.82. The molecule has 0 spiro atoms. The van der Waals surface area contributed by atoms with Crippen molar-refractivity contribution < 1.29 is 28.8 Å². The Kier molecular flexibility index (Phi) is 7.81. The molecule has 3 N–H and O–H groups in total. The summed E-state index contributed by atoms with van der Waals surface area (Å²) in [7, 11) is 0. The van der Waals surface area contributed by atoms with Crippen LogP contribution in [0.5, 0.6) is 0 Å². The first-order chi connectivity index (χ1) is 12.4. The minimum Gasteiger partial charge on any atom is -0.480 e. The molecule has 0 aliphatic carbocycles. The minimum absolute atomic E-state index is 0.0528. The van der Waals surface area contributed by atoms with Crippen LogP contribution in [0.4, 0.5) is 4.79 Å². The SMILES string of the molecule is CC(=O)NC(Cc1cc(C(CC(C)C)NC(=O)OC(C)(C)C)no1)C(=O)O. The number of carbonyl (C=O) groups is 3. The van der Waals surface area contributed by atoms with E-state index in [2.05, 4.69) is 15.8 Å². The Morgan fingerprint density at radius 3 is 2.37 bits per heavy atom. The number of hydrogen-bond acceptors (Lipinski definition) is 6. The van der Waals surface area contributed by atoms with Gasteiger partial charge in [-0.3, -0.25) is 4.79 Å². The maximum Gasteiger partial charge on any atom is 0.408 e. The number of ether oxygens (including phenoxy) is 1. The molecular weight excluding hydrogens is 354 g/mol. The van der Waals surface area contributed by atoms with Crippen molar-refractivity contribution in [1.82, 2.24) is 15.8 Å². The maximum atomic E-state index is 12.1. The molecule has 9 heteroatoms. The van der Waals surface area contributed by atoms with Gasteiger partial charge in [0.25, 0.3) is 0 Å². The van der Waals surface area contributed by atoms with Crippen LogP contribution in [0.15, 0.2) is 10.6 Å². The highest BCUT2D eigenvalue weighted by Crippen LogP contribution is 2.22. The van der Waals surface area contributed by atoms with Crippen LogP contribution in [0.25, 0.3) is 0 Å². The van der Waals surface area contributed by atoms with Gasteiger partial charge in [-0.2, -0.15) is 0 Å². The van der Waals surface area contributed by atoms with Crippen LogP contribution in [-0.2, 0) is 20.7 Å². The Morgan fingerprint density at radius 1 is 1.26 bits per heavy atom. The molecule has 152 valence electrons. The molecule has 1 rings (SSSR count). The van der Waals surface area contributed by atoms with Crippen molar-refractivity contribution in [2.45, 2.75) is 72.1 Å². The van der Waals surface area contributed by atoms with Crippen molar-refractivity contribution in [3.63, 3.8) is 0 Å². The second-order valence-electron chi connectivity index (χ2n) is 7.84. The van der Waals surface area contributed by atoms with Gasteiger partial charge in [0.1, 0.15) is 23.1 Å². The van der Waals surface area contributed by atoms with Gasteiger partial charge in [-0.05, 0) is 33.1 Å². The lowest BCUT2D eigenvalue weighted by Gasteiger charge is -2.23. The molecular formula is C18H29N3O6. The summed E-state index contributed by atoms with van der Waals surface area (Å²) in [5, 5.41) is 18.3. The van der Waals surface area contributed by atoms with Gasteiger partial charge in [-0.1, -0.05) is 19.0 Å². The standard InChI is InChI=1S/C18H29N3O6/c1-10(2)7-13(20-17(25)26-18(4,5)6)14-8-12(27-21-14)9-15(16(23)24)19-11(3)22/h8,10,13,15H,7,9H2,1-6H3,(H,19,22)(H,20,25)(H,23,24). The fraction of sp³-hybridized carbons (Fsp3) is 0.667. The zero-order valence-electron chi connectivity index (χ0n) is 16.7. The lowest BCUT2D eigenvalue weighted by molar-refractivity contribution is -0.141. The largest absolute Gasteiger partial charge is 0.480 e. The predicted octanol–water partition coefficient (Wildman–Crippen LogP) is 2.42. The first kappa shape index (κ1) is 22.5. The second kappa shape index (κ2) is 9.38. The zero-order chi connectivity index (χ0) is 20.8. The summed E-state index contributed by atoms with van der Waals surface area (Å²) in [5.41, 5.74) is -0.161. The molecule has 0 aliphatic heterocycles. The van der Waals surface area contributed by atoms with E-state index in [1.807, 2.05) is 13.8 Å². The fourth-order valence-corrected chi connectivity index (χ4v) is 2.41. The lowest BCUT2D eigenvalue weighted by atomic mass is 10.0. The molecule has 0 aromatic carbocycles. The Hall–Kier alpha value is -2.58. The van der Waals surface area contributed by atoms with Crippen LogP contribution in [0.3, 0.4) is 0 Å². The van der Waals surface area contributed by atoms with E-state index in [-0.39, 0.29) is 12.3 Å². The van der Waals surface area contributed by atoms with Gasteiger partial charge in [-0.25, -0.2) is 9.59 Å². The topological polar surface area (TPSA) is 131 Å². The molecule has 9 nitrogen and oxygen atoms in total. The van der Waals surface area contributed by atoms with Crippen molar-refractivity contribution >= 4 is 18.0 Å². The molecule has 0 aliphatic rings. The number of carboxylic acids is 1. The predicted molar refractivity (Wildman–Crippen MR) is 97.0 cm³/mol. The van der Waals surface area contributed by atoms with Crippen LogP contribution in [0, 0.1) is 5.92 Å². The van der Waals surface area contributed by atoms with E-state index in [9.17, 15) is 19.5 Å². The molecule has 0 radical (unpaired) electrons. The molecule has 0 saturated carbocycles. The average Bonchev–Trinajstić information content (AvgIpc) is 2.91. The number of aromatic nitrogens is 1. The second-order valence-corrected chi connectivity index (χ2v) is 7.84. The highest BCUT2D eigenvalue weighted by Gasteiger charge is 2.26. The summed E-state index contributed by atoms with van der Waals surface area (Å²) in [6, 6.07) is 0.0226. The number of nitrogens with zero attached hydrogens (tertiary/aromatic N) is 1. The third-order valence-corrected chi connectivity index (χ3v) is 3.41. The molecule has 2 unspecified atom stereocenters. The summed E-state index contributed by atoms with van der Waals surface area (Å²) in [4.78, 5) is 34.5. The summed E-state index contributed by atoms with van der Waals surface area (Å²) < 4.78 is 10.5. The summed E-state index contributed by atoms with van der Waals surface area (Å²) in [5.74, 6) is -1.07. The minimum atomic E-state index is -1.17. The number of rotatable bonds is 8. The van der Waals surface area contributed by atoms with E-state index in [1.54, 1.807) is 26.8 Å². The van der Waals surface area contributed by atoms with Crippen molar-refractivity contribution in [2.24, 2.45) is 5.92 Å². The summed E-state index contributed by atoms with van der Waals surface area (Å²) in [6.45, 7) is 10.6. The normalized spacial score (nSPS) is 13.7. The smallest absolute Gasteiger partial charge is 0.408 e. The summed E-state index contributed by atoms with van der Waals surface area (Å²) >= 11 is 0. The third kappa shape index (κ3) is 8.57. The van der Waals surface area contributed by atoms with E-state index >= 15 is 0 Å². The number of hydrogen-bond donors (Lipinski definition) is 3. The Balaban J connectivity index is 2.90. The van der Waals surface area contributed by atoms with Crippen LogP contribution in [-0.4, -0.2) is 39.9 Å². The third-order valence-electron chi connectivity index (χ3n) is 3.41. The van der Waals surface area contributed by atoms with Crippen molar-refractivity contribution in [3.05, 3.63) is 17.5 Å². The van der Waals surface area contributed by atoms with Gasteiger partial charge in [0.15, 0.2) is 0 Å². The number of carbonyl (C=O) groups excluding carboxylic acids is 2. The molecule has 1 aromatic heterocycles. The van der Waals surface area contributed by atoms with E-state index in [0.29, 0.717) is 17.9 Å². The average molecular weight is 383 g/mol. The monoisotopic (exact) mass is 383 g/mol. The highest BCUT2D eigenvalue weighted by atomic mass is 16.6. The number of carboxylic acid groups (broad SMARTS) is 1. The Labute approximate surface area is 158 Å². The zero-order valence-corrected chi connectivity index (χ0v) is 16.7. The molecule has 27 heavy (non-hydrogen) atoms. The number of amides is 2. The summed E-state index contributed by atoms with van der Waals surface area (Å²) in [6.07, 6.45) is -0.0264. The van der Waals surface area contributed by atoms with E-state index in [1.165, 1.54) is 6.92 Å². The van der Waals surface area contributed by atoms with Gasteiger partial charge in [0.05, 0.1) is 6.04 Å². The van der Waals surface area contributed by atoms with Crippen molar-refractivity contribution in [1.29, 1.82) is 0 Å². The molecule has 1 heterocycles. The van der Waals surface area contributed by atoms with Gasteiger partial charge in [0, 0.05) is 19.4 Å². The van der Waals surface area contributed by atoms with Crippen LogP contribution in [0.1, 0.15) is 65.5 Å². The number of alkyl carbamates (subject to hydrolysis) is 1. The molecule has 1 aromatic rings. The van der Waals surface area contributed by atoms with Crippen LogP contribution >= 0.6 is 0 Å². The molecule has 0 saturated heterocycles. The van der Waals surface area contributed by atoms with Gasteiger partial charge < -0.3 is 25.0 Å². The molecule has 0 bridgehead atoms. The van der Waals surface area contributed by atoms with E-state index in [0.717, 1.165) is 0 Å². The molecule has 2 atom stereocenters. The van der Waals surface area contributed by atoms with Crippen molar-refractivity contribution in [3.8, 4) is 0 Å².